The molecule has 2 aliphatic heterocycles. The SMILES string of the molecule is Cc1cccc(N(Cc2cc(C)ccc2C)C2=N[C@H]3CS(=O)(=O)C[C@@H]3S2)c1. The monoisotopic (exact) mass is 400 g/mol. The molecule has 0 bridgehead atoms. The normalized spacial score (nSPS) is 23.1. The molecule has 0 aliphatic carbocycles. The summed E-state index contributed by atoms with van der Waals surface area (Å²) in [5.74, 6) is 0.416. The van der Waals surface area contributed by atoms with Gasteiger partial charge in [0.25, 0.3) is 0 Å². The first-order valence-electron chi connectivity index (χ1n) is 9.16. The zero-order valence-electron chi connectivity index (χ0n) is 15.8. The summed E-state index contributed by atoms with van der Waals surface area (Å²) in [4.78, 5) is 7.07. The Morgan fingerprint density at radius 2 is 1.85 bits per heavy atom. The van der Waals surface area contributed by atoms with Crippen LogP contribution in [0.5, 0.6) is 0 Å². The number of hydrogen-bond donors (Lipinski definition) is 0. The second-order valence-electron chi connectivity index (χ2n) is 7.57. The summed E-state index contributed by atoms with van der Waals surface area (Å²) in [5.41, 5.74) is 6.06. The van der Waals surface area contributed by atoms with Gasteiger partial charge < -0.3 is 4.90 Å². The molecule has 1 saturated heterocycles. The van der Waals surface area contributed by atoms with Gasteiger partial charge >= 0.3 is 0 Å². The maximum Gasteiger partial charge on any atom is 0.164 e. The van der Waals surface area contributed by atoms with Crippen molar-refractivity contribution in [3.8, 4) is 0 Å². The van der Waals surface area contributed by atoms with Crippen LogP contribution in [-0.2, 0) is 16.4 Å². The Hall–Kier alpha value is -1.79. The predicted molar refractivity (Wildman–Crippen MR) is 115 cm³/mol. The van der Waals surface area contributed by atoms with E-state index in [1.165, 1.54) is 22.3 Å². The van der Waals surface area contributed by atoms with Gasteiger partial charge in [0.1, 0.15) is 0 Å². The van der Waals surface area contributed by atoms with Gasteiger partial charge in [-0.15, -0.1) is 0 Å². The molecule has 0 N–H and O–H groups in total. The lowest BCUT2D eigenvalue weighted by atomic mass is 10.0. The molecule has 0 saturated carbocycles. The molecule has 2 heterocycles. The second kappa shape index (κ2) is 6.99. The molecule has 27 heavy (non-hydrogen) atoms. The number of thioether (sulfide) groups is 1. The van der Waals surface area contributed by atoms with Crippen LogP contribution in [0.2, 0.25) is 0 Å². The molecule has 142 valence electrons. The molecule has 0 radical (unpaired) electrons. The number of sulfone groups is 1. The highest BCUT2D eigenvalue weighted by Crippen LogP contribution is 2.37. The minimum Gasteiger partial charge on any atom is -0.317 e. The fraction of sp³-hybridized carbons (Fsp3) is 0.381. The molecular weight excluding hydrogens is 376 g/mol. The molecule has 1 fully saturated rings. The summed E-state index contributed by atoms with van der Waals surface area (Å²) in [5, 5.41) is 0.988. The highest BCUT2D eigenvalue weighted by Gasteiger charge is 2.44. The topological polar surface area (TPSA) is 49.7 Å². The molecule has 2 atom stereocenters. The largest absolute Gasteiger partial charge is 0.317 e. The van der Waals surface area contributed by atoms with Crippen LogP contribution in [0.25, 0.3) is 0 Å². The highest BCUT2D eigenvalue weighted by molar-refractivity contribution is 8.15. The van der Waals surface area contributed by atoms with Crippen molar-refractivity contribution in [2.24, 2.45) is 4.99 Å². The van der Waals surface area contributed by atoms with Gasteiger partial charge in [0.15, 0.2) is 15.0 Å². The van der Waals surface area contributed by atoms with Gasteiger partial charge in [-0.25, -0.2) is 8.42 Å². The predicted octanol–water partition coefficient (Wildman–Crippen LogP) is 3.89. The molecule has 2 aromatic carbocycles. The number of amidine groups is 1. The van der Waals surface area contributed by atoms with E-state index in [0.29, 0.717) is 0 Å². The Kier molecular flexibility index (Phi) is 4.80. The number of nitrogens with zero attached hydrogens (tertiary/aromatic N) is 2. The molecular formula is C21H24N2O2S2. The van der Waals surface area contributed by atoms with Crippen molar-refractivity contribution in [3.05, 3.63) is 64.7 Å². The van der Waals surface area contributed by atoms with Crippen LogP contribution in [0, 0.1) is 20.8 Å². The Bertz CT molecular complexity index is 1010. The van der Waals surface area contributed by atoms with Crippen molar-refractivity contribution in [2.75, 3.05) is 16.4 Å². The molecule has 4 nitrogen and oxygen atoms in total. The van der Waals surface area contributed by atoms with Crippen molar-refractivity contribution in [1.82, 2.24) is 0 Å². The molecule has 0 spiro atoms. The fourth-order valence-corrected chi connectivity index (χ4v) is 7.46. The zero-order chi connectivity index (χ0) is 19.2. The summed E-state index contributed by atoms with van der Waals surface area (Å²) in [6.45, 7) is 7.06. The first-order chi connectivity index (χ1) is 12.8. The van der Waals surface area contributed by atoms with E-state index in [0.717, 1.165) is 17.4 Å². The van der Waals surface area contributed by atoms with E-state index < -0.39 is 9.84 Å². The average molecular weight is 401 g/mol. The first kappa shape index (κ1) is 18.6. The molecule has 2 aliphatic rings. The van der Waals surface area contributed by atoms with Crippen molar-refractivity contribution in [2.45, 2.75) is 38.6 Å². The smallest absolute Gasteiger partial charge is 0.164 e. The van der Waals surface area contributed by atoms with E-state index in [9.17, 15) is 8.42 Å². The number of aliphatic imine (C=N–C) groups is 1. The second-order valence-corrected chi connectivity index (χ2v) is 10.9. The molecule has 6 heteroatoms. The fourth-order valence-electron chi connectivity index (χ4n) is 3.68. The van der Waals surface area contributed by atoms with E-state index in [2.05, 4.69) is 68.1 Å². The van der Waals surface area contributed by atoms with Crippen LogP contribution in [0.4, 0.5) is 5.69 Å². The molecule has 0 amide bonds. The quantitative estimate of drug-likeness (QED) is 0.784. The number of anilines is 1. The molecule has 0 aromatic heterocycles. The van der Waals surface area contributed by atoms with Crippen LogP contribution in [-0.4, -0.2) is 36.4 Å². The Morgan fingerprint density at radius 3 is 2.59 bits per heavy atom. The first-order valence-corrected chi connectivity index (χ1v) is 11.9. The maximum atomic E-state index is 11.9. The van der Waals surface area contributed by atoms with Crippen LogP contribution >= 0.6 is 11.8 Å². The van der Waals surface area contributed by atoms with Gasteiger partial charge in [-0.3, -0.25) is 4.99 Å². The summed E-state index contributed by atoms with van der Waals surface area (Å²) in [6.07, 6.45) is 0. The van der Waals surface area contributed by atoms with Gasteiger partial charge in [-0.05, 0) is 49.6 Å². The number of fused-ring (bicyclic) bond motifs is 1. The molecule has 0 unspecified atom stereocenters. The van der Waals surface area contributed by atoms with Gasteiger partial charge in [0, 0.05) is 10.9 Å². The molecule has 4 rings (SSSR count). The lowest BCUT2D eigenvalue weighted by Crippen LogP contribution is -2.28. The van der Waals surface area contributed by atoms with E-state index in [1.54, 1.807) is 11.8 Å². The Morgan fingerprint density at radius 1 is 1.07 bits per heavy atom. The summed E-state index contributed by atoms with van der Waals surface area (Å²) < 4.78 is 23.8. The van der Waals surface area contributed by atoms with E-state index >= 15 is 0 Å². The Labute approximate surface area is 165 Å². The van der Waals surface area contributed by atoms with Crippen molar-refractivity contribution in [1.29, 1.82) is 0 Å². The summed E-state index contributed by atoms with van der Waals surface area (Å²) >= 11 is 1.62. The minimum atomic E-state index is -2.94. The van der Waals surface area contributed by atoms with Gasteiger partial charge in [-0.2, -0.15) is 0 Å². The van der Waals surface area contributed by atoms with Gasteiger partial charge in [0.2, 0.25) is 0 Å². The van der Waals surface area contributed by atoms with Crippen LogP contribution in [0.15, 0.2) is 47.5 Å². The minimum absolute atomic E-state index is 0.0518. The van der Waals surface area contributed by atoms with E-state index in [4.69, 9.17) is 4.99 Å². The Balaban J connectivity index is 1.70. The maximum absolute atomic E-state index is 11.9. The van der Waals surface area contributed by atoms with Gasteiger partial charge in [0.05, 0.1) is 24.1 Å². The third-order valence-corrected chi connectivity index (χ3v) is 8.43. The van der Waals surface area contributed by atoms with Gasteiger partial charge in [-0.1, -0.05) is 47.7 Å². The van der Waals surface area contributed by atoms with E-state index in [1.807, 2.05) is 0 Å². The number of hydrogen-bond acceptors (Lipinski definition) is 5. The van der Waals surface area contributed by atoms with Crippen LogP contribution in [0.1, 0.15) is 22.3 Å². The number of benzene rings is 2. The third kappa shape index (κ3) is 3.92. The van der Waals surface area contributed by atoms with E-state index in [-0.39, 0.29) is 22.8 Å². The summed E-state index contributed by atoms with van der Waals surface area (Å²) in [6, 6.07) is 14.8. The zero-order valence-corrected chi connectivity index (χ0v) is 17.5. The van der Waals surface area contributed by atoms with Crippen molar-refractivity contribution < 1.29 is 8.42 Å². The highest BCUT2D eigenvalue weighted by atomic mass is 32.2. The number of aryl methyl sites for hydroxylation is 3. The third-order valence-electron chi connectivity index (χ3n) is 5.18. The number of rotatable bonds is 3. The van der Waals surface area contributed by atoms with Crippen molar-refractivity contribution in [3.63, 3.8) is 0 Å². The molecule has 2 aromatic rings. The standard InChI is InChI=1S/C21H24N2O2S2/c1-14-5-4-6-18(10-14)23(11-17-9-15(2)7-8-16(17)3)21-22-19-12-27(24,25)13-20(19)26-21/h4-10,19-20H,11-13H2,1-3H3/t19-,20-/m0/s1. The van der Waals surface area contributed by atoms with Crippen LogP contribution in [0.3, 0.4) is 0 Å². The van der Waals surface area contributed by atoms with Crippen LogP contribution < -0.4 is 4.90 Å². The average Bonchev–Trinajstić information content (AvgIpc) is 3.09. The van der Waals surface area contributed by atoms with Crippen molar-refractivity contribution >= 4 is 32.5 Å². The summed E-state index contributed by atoms with van der Waals surface area (Å²) in [7, 11) is -2.94. The lowest BCUT2D eigenvalue weighted by molar-refractivity contribution is 0.601. The lowest BCUT2D eigenvalue weighted by Gasteiger charge is -2.26.